The Morgan fingerprint density at radius 2 is 2.21 bits per heavy atom. The Bertz CT molecular complexity index is 374. The van der Waals surface area contributed by atoms with Gasteiger partial charge >= 0.3 is 0 Å². The lowest BCUT2D eigenvalue weighted by atomic mass is 10.0. The van der Waals surface area contributed by atoms with Gasteiger partial charge in [-0.2, -0.15) is 0 Å². The zero-order valence-corrected chi connectivity index (χ0v) is 9.15. The van der Waals surface area contributed by atoms with Crippen LogP contribution in [0, 0.1) is 0 Å². The zero-order chi connectivity index (χ0) is 10.1. The first-order valence-electron chi connectivity index (χ1n) is 4.73. The number of thioether (sulfide) groups is 1. The first-order valence-corrected chi connectivity index (χ1v) is 5.72. The number of anilines is 1. The number of carbonyl (C=O) groups is 1. The smallest absolute Gasteiger partial charge is 0.234 e. The van der Waals surface area contributed by atoms with E-state index in [0.29, 0.717) is 11.7 Å². The van der Waals surface area contributed by atoms with E-state index >= 15 is 0 Å². The van der Waals surface area contributed by atoms with Crippen molar-refractivity contribution in [2.45, 2.75) is 24.7 Å². The maximum atomic E-state index is 11.1. The van der Waals surface area contributed by atoms with Gasteiger partial charge in [0, 0.05) is 4.90 Å². The number of fused-ring (bicyclic) bond motifs is 1. The molecule has 2 nitrogen and oxygen atoms in total. The molecule has 0 unspecified atom stereocenters. The monoisotopic (exact) mass is 207 g/mol. The van der Waals surface area contributed by atoms with Gasteiger partial charge in [0.2, 0.25) is 5.91 Å². The van der Waals surface area contributed by atoms with Crippen LogP contribution in [0.25, 0.3) is 0 Å². The molecule has 3 heteroatoms. The summed E-state index contributed by atoms with van der Waals surface area (Å²) in [5.41, 5.74) is 2.28. The van der Waals surface area contributed by atoms with E-state index in [2.05, 4.69) is 31.3 Å². The fourth-order valence-electron chi connectivity index (χ4n) is 1.45. The van der Waals surface area contributed by atoms with Crippen molar-refractivity contribution >= 4 is 23.4 Å². The molecule has 14 heavy (non-hydrogen) atoms. The minimum atomic E-state index is 0.0970. The largest absolute Gasteiger partial charge is 0.324 e. The van der Waals surface area contributed by atoms with Crippen LogP contribution in [0.4, 0.5) is 5.69 Å². The molecule has 1 aliphatic rings. The number of amides is 1. The highest BCUT2D eigenvalue weighted by atomic mass is 32.2. The summed E-state index contributed by atoms with van der Waals surface area (Å²) in [7, 11) is 0. The third-order valence-electron chi connectivity index (χ3n) is 2.31. The molecule has 1 aromatic rings. The van der Waals surface area contributed by atoms with E-state index in [-0.39, 0.29) is 5.91 Å². The summed E-state index contributed by atoms with van der Waals surface area (Å²) in [6.45, 7) is 4.35. The molecule has 1 N–H and O–H groups in total. The van der Waals surface area contributed by atoms with Crippen LogP contribution in [0.5, 0.6) is 0 Å². The lowest BCUT2D eigenvalue weighted by molar-refractivity contribution is -0.113. The Morgan fingerprint density at radius 1 is 1.43 bits per heavy atom. The first kappa shape index (κ1) is 9.59. The first-order chi connectivity index (χ1) is 6.66. The molecular formula is C11H13NOS. The Morgan fingerprint density at radius 3 is 2.93 bits per heavy atom. The minimum Gasteiger partial charge on any atom is -0.324 e. The number of hydrogen-bond donors (Lipinski definition) is 1. The summed E-state index contributed by atoms with van der Waals surface area (Å²) in [4.78, 5) is 12.3. The molecule has 0 saturated heterocycles. The van der Waals surface area contributed by atoms with E-state index in [1.165, 1.54) is 10.5 Å². The summed E-state index contributed by atoms with van der Waals surface area (Å²) < 4.78 is 0. The SMILES string of the molecule is CC(C)c1ccc2c(c1)SCC(=O)N2. The number of benzene rings is 1. The van der Waals surface area contributed by atoms with Gasteiger partial charge < -0.3 is 5.32 Å². The van der Waals surface area contributed by atoms with Crippen molar-refractivity contribution in [1.82, 2.24) is 0 Å². The van der Waals surface area contributed by atoms with Gasteiger partial charge in [-0.05, 0) is 23.6 Å². The highest BCUT2D eigenvalue weighted by Crippen LogP contribution is 2.33. The molecule has 0 aromatic heterocycles. The number of hydrogen-bond acceptors (Lipinski definition) is 2. The van der Waals surface area contributed by atoms with Crippen LogP contribution in [0.2, 0.25) is 0 Å². The molecule has 0 aliphatic carbocycles. The molecule has 0 saturated carbocycles. The van der Waals surface area contributed by atoms with Gasteiger partial charge in [-0.3, -0.25) is 4.79 Å². The molecular weight excluding hydrogens is 194 g/mol. The maximum absolute atomic E-state index is 11.1. The minimum absolute atomic E-state index is 0.0970. The predicted octanol–water partition coefficient (Wildman–Crippen LogP) is 2.85. The van der Waals surface area contributed by atoms with Crippen molar-refractivity contribution in [3.8, 4) is 0 Å². The molecule has 0 bridgehead atoms. The van der Waals surface area contributed by atoms with Gasteiger partial charge in [0.1, 0.15) is 0 Å². The second-order valence-corrected chi connectivity index (χ2v) is 4.76. The average Bonchev–Trinajstić information content (AvgIpc) is 2.16. The third-order valence-corrected chi connectivity index (χ3v) is 3.36. The van der Waals surface area contributed by atoms with Gasteiger partial charge in [-0.25, -0.2) is 0 Å². The van der Waals surface area contributed by atoms with E-state index in [1.807, 2.05) is 6.07 Å². The molecule has 1 aromatic carbocycles. The van der Waals surface area contributed by atoms with Gasteiger partial charge in [0.05, 0.1) is 11.4 Å². The molecule has 0 fully saturated rings. The second-order valence-electron chi connectivity index (χ2n) is 3.75. The number of nitrogens with one attached hydrogen (secondary N) is 1. The Balaban J connectivity index is 2.36. The second kappa shape index (κ2) is 3.65. The summed E-state index contributed by atoms with van der Waals surface area (Å²) in [6, 6.07) is 6.24. The number of rotatable bonds is 1. The molecule has 0 spiro atoms. The van der Waals surface area contributed by atoms with Gasteiger partial charge in [-0.1, -0.05) is 19.9 Å². The van der Waals surface area contributed by atoms with Crippen molar-refractivity contribution < 1.29 is 4.79 Å². The van der Waals surface area contributed by atoms with Crippen molar-refractivity contribution in [2.75, 3.05) is 11.1 Å². The Labute approximate surface area is 88.1 Å². The molecule has 0 radical (unpaired) electrons. The molecule has 74 valence electrons. The van der Waals surface area contributed by atoms with E-state index in [1.54, 1.807) is 11.8 Å². The zero-order valence-electron chi connectivity index (χ0n) is 8.33. The van der Waals surface area contributed by atoms with Crippen molar-refractivity contribution in [3.63, 3.8) is 0 Å². The Kier molecular flexibility index (Phi) is 2.50. The molecule has 1 aliphatic heterocycles. The van der Waals surface area contributed by atoms with Crippen molar-refractivity contribution in [1.29, 1.82) is 0 Å². The van der Waals surface area contributed by atoms with Crippen LogP contribution in [0.3, 0.4) is 0 Å². The lowest BCUT2D eigenvalue weighted by Gasteiger charge is -2.17. The normalized spacial score (nSPS) is 15.2. The number of carbonyl (C=O) groups excluding carboxylic acids is 1. The fourth-order valence-corrected chi connectivity index (χ4v) is 2.30. The van der Waals surface area contributed by atoms with Gasteiger partial charge in [-0.15, -0.1) is 11.8 Å². The van der Waals surface area contributed by atoms with Crippen LogP contribution in [0.1, 0.15) is 25.3 Å². The Hall–Kier alpha value is -0.960. The highest BCUT2D eigenvalue weighted by Gasteiger charge is 2.15. The van der Waals surface area contributed by atoms with Crippen LogP contribution in [0.15, 0.2) is 23.1 Å². The standard InChI is InChI=1S/C11H13NOS/c1-7(2)8-3-4-9-10(5-8)14-6-11(13)12-9/h3-5,7H,6H2,1-2H3,(H,12,13). The summed E-state index contributed by atoms with van der Waals surface area (Å²) >= 11 is 1.62. The fraction of sp³-hybridized carbons (Fsp3) is 0.364. The average molecular weight is 207 g/mol. The van der Waals surface area contributed by atoms with Gasteiger partial charge in [0.15, 0.2) is 0 Å². The van der Waals surface area contributed by atoms with Gasteiger partial charge in [0.25, 0.3) is 0 Å². The van der Waals surface area contributed by atoms with E-state index < -0.39 is 0 Å². The summed E-state index contributed by atoms with van der Waals surface area (Å²) in [6.07, 6.45) is 0. The van der Waals surface area contributed by atoms with E-state index in [9.17, 15) is 4.79 Å². The highest BCUT2D eigenvalue weighted by molar-refractivity contribution is 8.00. The van der Waals surface area contributed by atoms with Crippen molar-refractivity contribution in [3.05, 3.63) is 23.8 Å². The predicted molar refractivity (Wildman–Crippen MR) is 59.9 cm³/mol. The molecule has 0 atom stereocenters. The van der Waals surface area contributed by atoms with E-state index in [4.69, 9.17) is 0 Å². The third kappa shape index (κ3) is 1.77. The van der Waals surface area contributed by atoms with Crippen LogP contribution < -0.4 is 5.32 Å². The van der Waals surface area contributed by atoms with Crippen LogP contribution >= 0.6 is 11.8 Å². The van der Waals surface area contributed by atoms with E-state index in [0.717, 1.165) is 5.69 Å². The van der Waals surface area contributed by atoms with Crippen LogP contribution in [-0.2, 0) is 4.79 Å². The topological polar surface area (TPSA) is 29.1 Å². The summed E-state index contributed by atoms with van der Waals surface area (Å²) in [5, 5.41) is 2.87. The quantitative estimate of drug-likeness (QED) is 0.767. The lowest BCUT2D eigenvalue weighted by Crippen LogP contribution is -2.18. The molecule has 2 rings (SSSR count). The van der Waals surface area contributed by atoms with Crippen molar-refractivity contribution in [2.24, 2.45) is 0 Å². The molecule has 1 amide bonds. The maximum Gasteiger partial charge on any atom is 0.234 e. The molecule has 1 heterocycles. The summed E-state index contributed by atoms with van der Waals surface area (Å²) in [5.74, 6) is 1.17. The van der Waals surface area contributed by atoms with Crippen LogP contribution in [-0.4, -0.2) is 11.7 Å².